The third-order valence-electron chi connectivity index (χ3n) is 8.51. The number of benzene rings is 1. The first-order valence-corrected chi connectivity index (χ1v) is 10.3. The maximum Gasteiger partial charge on any atom is 0.229 e. The zero-order valence-corrected chi connectivity index (χ0v) is 15.5. The molecule has 5 aliphatic heterocycles. The number of hydrogen-bond donors (Lipinski definition) is 1. The van der Waals surface area contributed by atoms with Gasteiger partial charge in [0.1, 0.15) is 0 Å². The van der Waals surface area contributed by atoms with Gasteiger partial charge in [-0.05, 0) is 49.1 Å². The molecule has 1 aliphatic carbocycles. The van der Waals surface area contributed by atoms with Crippen LogP contribution in [0.3, 0.4) is 0 Å². The van der Waals surface area contributed by atoms with E-state index in [1.165, 1.54) is 5.57 Å². The summed E-state index contributed by atoms with van der Waals surface area (Å²) in [4.78, 5) is 17.9. The average Bonchev–Trinajstić information content (AvgIpc) is 3.15. The largest absolute Gasteiger partial charge is 0.733 e. The van der Waals surface area contributed by atoms with Gasteiger partial charge in [-0.3, -0.25) is 14.9 Å². The third-order valence-corrected chi connectivity index (χ3v) is 8.51. The monoisotopic (exact) mass is 380 g/mol. The lowest BCUT2D eigenvalue weighted by atomic mass is 9.53. The van der Waals surface area contributed by atoms with Crippen LogP contribution in [-0.2, 0) is 14.9 Å². The summed E-state index contributed by atoms with van der Waals surface area (Å²) in [7, 11) is 0. The molecule has 146 valence electrons. The number of nitrogens with zero attached hydrogens (tertiary/aromatic N) is 3. The van der Waals surface area contributed by atoms with E-state index in [1.807, 2.05) is 17.0 Å². The van der Waals surface area contributed by atoms with Crippen LogP contribution in [0.2, 0.25) is 0 Å². The van der Waals surface area contributed by atoms with Gasteiger partial charge in [0.15, 0.2) is 0 Å². The second kappa shape index (κ2) is 4.97. The summed E-state index contributed by atoms with van der Waals surface area (Å²) in [5.74, 6) is 0.904. The van der Waals surface area contributed by atoms with Crippen molar-refractivity contribution in [3.8, 4) is 0 Å². The van der Waals surface area contributed by atoms with Crippen molar-refractivity contribution in [2.75, 3.05) is 29.8 Å². The Kier molecular flexibility index (Phi) is 2.83. The minimum absolute atomic E-state index is 0.0277. The lowest BCUT2D eigenvalue weighted by molar-refractivity contribution is -0.132. The third kappa shape index (κ3) is 1.61. The Morgan fingerprint density at radius 1 is 1.36 bits per heavy atom. The number of amides is 1. The van der Waals surface area contributed by atoms with Gasteiger partial charge in [0.2, 0.25) is 5.91 Å². The average molecular weight is 380 g/mol. The molecule has 1 aromatic carbocycles. The number of ether oxygens (including phenoxy) is 1. The van der Waals surface area contributed by atoms with E-state index in [9.17, 15) is 15.2 Å². The molecule has 4 fully saturated rings. The number of piperidine rings is 2. The van der Waals surface area contributed by atoms with E-state index < -0.39 is 0 Å². The normalized spacial score (nSPS) is 42.2. The summed E-state index contributed by atoms with van der Waals surface area (Å²) in [5, 5.41) is 21.1. The number of anilines is 2. The molecule has 0 radical (unpaired) electrons. The SMILES string of the molecule is O=C1C[C@@H]2OCC=C3CN4CC[C@]56c7cc(N([O-])O)ccc7N1[C@@H]5[C@@H]2[C@H]3C[C@@H]46. The Morgan fingerprint density at radius 2 is 2.25 bits per heavy atom. The fraction of sp³-hybridized carbons (Fsp3) is 0.571. The Labute approximate surface area is 162 Å². The van der Waals surface area contributed by atoms with Crippen LogP contribution in [0, 0.1) is 17.0 Å². The molecule has 7 heteroatoms. The van der Waals surface area contributed by atoms with E-state index in [4.69, 9.17) is 4.74 Å². The standard InChI is InChI=1S/C21H22N3O4/c25-18-9-16-19-13-8-17-21(4-5-22(17)10-11(13)3-6-28-16)14-7-12(24(26)27)1-2-15(14)23(18)20(19)21/h1-3,7,13,16-17,19-20,26H,4-6,8-10H2/q-1/t13-,16-,17+,19+,20+,21+/m0/s1. The van der Waals surface area contributed by atoms with Crippen LogP contribution in [0.15, 0.2) is 29.8 Å². The van der Waals surface area contributed by atoms with Crippen LogP contribution < -0.4 is 10.1 Å². The lowest BCUT2D eigenvalue weighted by Gasteiger charge is -2.58. The lowest BCUT2D eigenvalue weighted by Crippen LogP contribution is -2.69. The fourth-order valence-corrected chi connectivity index (χ4v) is 7.66. The predicted molar refractivity (Wildman–Crippen MR) is 101 cm³/mol. The second-order valence-electron chi connectivity index (χ2n) is 9.23. The Bertz CT molecular complexity index is 946. The van der Waals surface area contributed by atoms with Gasteiger partial charge >= 0.3 is 0 Å². The van der Waals surface area contributed by atoms with Crippen molar-refractivity contribution in [2.45, 2.75) is 42.9 Å². The van der Waals surface area contributed by atoms with Crippen LogP contribution in [0.1, 0.15) is 24.8 Å². The van der Waals surface area contributed by atoms with Gasteiger partial charge in [-0.1, -0.05) is 11.6 Å². The number of rotatable bonds is 1. The molecule has 28 heavy (non-hydrogen) atoms. The molecule has 1 aromatic rings. The molecule has 7 nitrogen and oxygen atoms in total. The highest BCUT2D eigenvalue weighted by Gasteiger charge is 2.71. The van der Waals surface area contributed by atoms with E-state index in [2.05, 4.69) is 11.0 Å². The zero-order valence-electron chi connectivity index (χ0n) is 15.5. The maximum atomic E-state index is 13.3. The summed E-state index contributed by atoms with van der Waals surface area (Å²) in [5.41, 5.74) is 3.57. The summed E-state index contributed by atoms with van der Waals surface area (Å²) in [6, 6.07) is 5.76. The van der Waals surface area contributed by atoms with Crippen molar-refractivity contribution in [1.82, 2.24) is 4.90 Å². The second-order valence-corrected chi connectivity index (χ2v) is 9.23. The van der Waals surface area contributed by atoms with E-state index >= 15 is 0 Å². The number of carbonyl (C=O) groups is 1. The van der Waals surface area contributed by atoms with Gasteiger partial charge in [0.05, 0.1) is 30.9 Å². The van der Waals surface area contributed by atoms with Crippen molar-refractivity contribution in [3.63, 3.8) is 0 Å². The maximum absolute atomic E-state index is 13.3. The van der Waals surface area contributed by atoms with Gasteiger partial charge in [-0.25, -0.2) is 0 Å². The van der Waals surface area contributed by atoms with Crippen LogP contribution in [0.4, 0.5) is 11.4 Å². The molecule has 1 amide bonds. The number of hydrogen-bond acceptors (Lipinski definition) is 6. The topological polar surface area (TPSA) is 79.3 Å². The molecule has 6 aliphatic rings. The number of fused-ring (bicyclic) bond motifs is 2. The summed E-state index contributed by atoms with van der Waals surface area (Å²) in [6.07, 6.45) is 4.74. The van der Waals surface area contributed by atoms with E-state index in [0.29, 0.717) is 30.9 Å². The summed E-state index contributed by atoms with van der Waals surface area (Å²) < 4.78 is 6.21. The van der Waals surface area contributed by atoms with Gasteiger partial charge < -0.3 is 20.1 Å². The van der Waals surface area contributed by atoms with E-state index in [-0.39, 0.29) is 34.4 Å². The molecule has 1 spiro atoms. The highest BCUT2D eigenvalue weighted by Crippen LogP contribution is 2.65. The first-order valence-electron chi connectivity index (χ1n) is 10.3. The van der Waals surface area contributed by atoms with Crippen LogP contribution in [0.25, 0.3) is 0 Å². The predicted octanol–water partition coefficient (Wildman–Crippen LogP) is 1.79. The van der Waals surface area contributed by atoms with Crippen molar-refractivity contribution in [3.05, 3.63) is 40.6 Å². The zero-order chi connectivity index (χ0) is 18.8. The summed E-state index contributed by atoms with van der Waals surface area (Å²) in [6.45, 7) is 2.60. The minimum Gasteiger partial charge on any atom is -0.733 e. The highest BCUT2D eigenvalue weighted by molar-refractivity contribution is 5.99. The van der Waals surface area contributed by atoms with Crippen LogP contribution in [-0.4, -0.2) is 53.9 Å². The first kappa shape index (κ1) is 15.9. The molecule has 0 aromatic heterocycles. The van der Waals surface area contributed by atoms with Gasteiger partial charge in [-0.15, -0.1) is 0 Å². The molecule has 2 bridgehead atoms. The molecule has 7 rings (SSSR count). The van der Waals surface area contributed by atoms with Crippen molar-refractivity contribution in [1.29, 1.82) is 0 Å². The Hall–Kier alpha value is -1.93. The fourth-order valence-electron chi connectivity index (χ4n) is 7.66. The van der Waals surface area contributed by atoms with Crippen molar-refractivity contribution < 1.29 is 14.7 Å². The van der Waals surface area contributed by atoms with Crippen molar-refractivity contribution >= 4 is 17.3 Å². The molecule has 0 unspecified atom stereocenters. The van der Waals surface area contributed by atoms with E-state index in [1.54, 1.807) is 6.07 Å². The highest BCUT2D eigenvalue weighted by atomic mass is 16.8. The smallest absolute Gasteiger partial charge is 0.229 e. The molecule has 1 N–H and O–H groups in total. The molecule has 1 saturated carbocycles. The van der Waals surface area contributed by atoms with Gasteiger partial charge in [0.25, 0.3) is 0 Å². The van der Waals surface area contributed by atoms with Crippen molar-refractivity contribution in [2.24, 2.45) is 11.8 Å². The minimum atomic E-state index is -0.171. The molecular formula is C21H22N3O4-. The van der Waals surface area contributed by atoms with Gasteiger partial charge in [0, 0.05) is 29.6 Å². The molecule has 6 atom stereocenters. The van der Waals surface area contributed by atoms with Crippen LogP contribution in [0.5, 0.6) is 0 Å². The van der Waals surface area contributed by atoms with Crippen LogP contribution >= 0.6 is 0 Å². The Morgan fingerprint density at radius 3 is 3.11 bits per heavy atom. The van der Waals surface area contributed by atoms with Gasteiger partial charge in [-0.2, -0.15) is 0 Å². The number of carbonyl (C=O) groups excluding carboxylic acids is 1. The molecule has 5 heterocycles. The quantitative estimate of drug-likeness (QED) is 0.591. The van der Waals surface area contributed by atoms with E-state index in [0.717, 1.165) is 37.2 Å². The molecule has 3 saturated heterocycles. The Balaban J connectivity index is 1.51. The first-order chi connectivity index (χ1) is 13.6. The molecular weight excluding hydrogens is 358 g/mol. The summed E-state index contributed by atoms with van der Waals surface area (Å²) >= 11 is 0.